The molecule has 1 aromatic carbocycles. The highest BCUT2D eigenvalue weighted by molar-refractivity contribution is 5.87. The van der Waals surface area contributed by atoms with E-state index in [-0.39, 0.29) is 11.8 Å². The molecule has 1 atom stereocenters. The first kappa shape index (κ1) is 16.3. The van der Waals surface area contributed by atoms with E-state index in [0.717, 1.165) is 25.1 Å². The molecule has 1 unspecified atom stereocenters. The fourth-order valence-corrected chi connectivity index (χ4v) is 2.94. The smallest absolute Gasteiger partial charge is 0.356 e. The maximum absolute atomic E-state index is 11.1. The highest BCUT2D eigenvalue weighted by atomic mass is 16.5. The molecule has 1 fully saturated rings. The van der Waals surface area contributed by atoms with Gasteiger partial charge in [0.25, 0.3) is 0 Å². The van der Waals surface area contributed by atoms with Gasteiger partial charge < -0.3 is 19.5 Å². The lowest BCUT2D eigenvalue weighted by Crippen LogP contribution is -2.21. The van der Waals surface area contributed by atoms with Gasteiger partial charge in [-0.15, -0.1) is 0 Å². The van der Waals surface area contributed by atoms with Crippen molar-refractivity contribution in [2.24, 2.45) is 7.05 Å². The molecule has 1 N–H and O–H groups in total. The van der Waals surface area contributed by atoms with Crippen LogP contribution in [0.4, 0.5) is 0 Å². The van der Waals surface area contributed by atoms with E-state index in [1.807, 2.05) is 18.2 Å². The number of hydrogen-bond donors (Lipinski definition) is 1. The van der Waals surface area contributed by atoms with Gasteiger partial charge in [0.2, 0.25) is 0 Å². The molecule has 1 aliphatic rings. The minimum absolute atomic E-state index is 0.0146. The van der Waals surface area contributed by atoms with Crippen LogP contribution in [0.3, 0.4) is 0 Å². The Morgan fingerprint density at radius 1 is 1.29 bits per heavy atom. The summed E-state index contributed by atoms with van der Waals surface area (Å²) in [7, 11) is 5.39. The summed E-state index contributed by atoms with van der Waals surface area (Å²) in [6, 6.07) is 7.14. The second kappa shape index (κ2) is 6.52. The fraction of sp³-hybridized carbons (Fsp3) is 0.412. The largest absolute Gasteiger partial charge is 0.493 e. The average molecular weight is 331 g/mol. The van der Waals surface area contributed by atoms with Gasteiger partial charge in [-0.2, -0.15) is 5.10 Å². The SMILES string of the molecule is COc1cc(-c2cc(C(=O)O)nn2C)ccc1OC1CCN(C)C1. The van der Waals surface area contributed by atoms with Crippen molar-refractivity contribution < 1.29 is 19.4 Å². The highest BCUT2D eigenvalue weighted by Crippen LogP contribution is 2.34. The zero-order chi connectivity index (χ0) is 17.3. The van der Waals surface area contributed by atoms with Crippen LogP contribution in [0, 0.1) is 0 Å². The van der Waals surface area contributed by atoms with Gasteiger partial charge in [-0.25, -0.2) is 4.79 Å². The van der Waals surface area contributed by atoms with E-state index in [9.17, 15) is 4.79 Å². The molecule has 0 radical (unpaired) electrons. The molecule has 24 heavy (non-hydrogen) atoms. The summed E-state index contributed by atoms with van der Waals surface area (Å²) in [5.41, 5.74) is 1.55. The van der Waals surface area contributed by atoms with Gasteiger partial charge in [-0.1, -0.05) is 0 Å². The Morgan fingerprint density at radius 2 is 2.08 bits per heavy atom. The summed E-state index contributed by atoms with van der Waals surface area (Å²) in [6.45, 7) is 1.92. The van der Waals surface area contributed by atoms with E-state index in [1.54, 1.807) is 24.9 Å². The second-order valence-corrected chi connectivity index (χ2v) is 6.00. The van der Waals surface area contributed by atoms with Gasteiger partial charge in [-0.05, 0) is 37.7 Å². The highest BCUT2D eigenvalue weighted by Gasteiger charge is 2.22. The molecule has 2 heterocycles. The first-order valence-electron chi connectivity index (χ1n) is 7.79. The van der Waals surface area contributed by atoms with Gasteiger partial charge in [-0.3, -0.25) is 4.68 Å². The monoisotopic (exact) mass is 331 g/mol. The average Bonchev–Trinajstić information content (AvgIpc) is 3.14. The van der Waals surface area contributed by atoms with Crippen LogP contribution in [0.5, 0.6) is 11.5 Å². The Kier molecular flexibility index (Phi) is 4.44. The van der Waals surface area contributed by atoms with Crippen molar-refractivity contribution in [2.75, 3.05) is 27.2 Å². The number of ether oxygens (including phenoxy) is 2. The molecule has 0 bridgehead atoms. The molecule has 128 valence electrons. The lowest BCUT2D eigenvalue weighted by Gasteiger charge is -2.17. The number of benzene rings is 1. The molecule has 2 aromatic rings. The molecule has 0 spiro atoms. The number of carboxylic acid groups (broad SMARTS) is 1. The third kappa shape index (κ3) is 3.21. The summed E-state index contributed by atoms with van der Waals surface area (Å²) in [6.07, 6.45) is 1.15. The Balaban J connectivity index is 1.87. The summed E-state index contributed by atoms with van der Waals surface area (Å²) in [5.74, 6) is 0.274. The number of rotatable bonds is 5. The van der Waals surface area contributed by atoms with E-state index < -0.39 is 5.97 Å². The van der Waals surface area contributed by atoms with Crippen LogP contribution < -0.4 is 9.47 Å². The molecule has 7 nitrogen and oxygen atoms in total. The van der Waals surface area contributed by atoms with Crippen molar-refractivity contribution in [3.8, 4) is 22.8 Å². The number of aromatic nitrogens is 2. The van der Waals surface area contributed by atoms with Crippen LogP contribution in [0.15, 0.2) is 24.3 Å². The quantitative estimate of drug-likeness (QED) is 0.901. The van der Waals surface area contributed by atoms with Crippen LogP contribution in [0.25, 0.3) is 11.3 Å². The van der Waals surface area contributed by atoms with Gasteiger partial charge in [0.1, 0.15) is 6.10 Å². The number of nitrogens with zero attached hydrogens (tertiary/aromatic N) is 3. The second-order valence-electron chi connectivity index (χ2n) is 6.00. The molecule has 3 rings (SSSR count). The van der Waals surface area contributed by atoms with Gasteiger partial charge >= 0.3 is 5.97 Å². The molecule has 7 heteroatoms. The first-order chi connectivity index (χ1) is 11.5. The summed E-state index contributed by atoms with van der Waals surface area (Å²) in [5, 5.41) is 13.1. The lowest BCUT2D eigenvalue weighted by molar-refractivity contribution is 0.0689. The van der Waals surface area contributed by atoms with E-state index in [1.165, 1.54) is 0 Å². The van der Waals surface area contributed by atoms with Crippen molar-refractivity contribution in [1.82, 2.24) is 14.7 Å². The third-order valence-electron chi connectivity index (χ3n) is 4.20. The molecular formula is C17H21N3O4. The summed E-state index contributed by atoms with van der Waals surface area (Å²) in [4.78, 5) is 13.3. The molecular weight excluding hydrogens is 310 g/mol. The number of methoxy groups -OCH3 is 1. The van der Waals surface area contributed by atoms with Gasteiger partial charge in [0.05, 0.1) is 12.8 Å². The first-order valence-corrected chi connectivity index (χ1v) is 7.79. The van der Waals surface area contributed by atoms with Crippen LogP contribution in [0.1, 0.15) is 16.9 Å². The Hall–Kier alpha value is -2.54. The van der Waals surface area contributed by atoms with Crippen LogP contribution in [-0.4, -0.2) is 59.1 Å². The molecule has 1 aromatic heterocycles. The van der Waals surface area contributed by atoms with Crippen LogP contribution in [-0.2, 0) is 7.05 Å². The van der Waals surface area contributed by atoms with Crippen molar-refractivity contribution in [1.29, 1.82) is 0 Å². The van der Waals surface area contributed by atoms with Crippen LogP contribution in [0.2, 0.25) is 0 Å². The van der Waals surface area contributed by atoms with Crippen molar-refractivity contribution >= 4 is 5.97 Å². The standard InChI is InChI=1S/C17H21N3O4/c1-19-7-6-12(10-19)24-15-5-4-11(8-16(15)23-3)14-9-13(17(21)22)18-20(14)2/h4-5,8-9,12H,6-7,10H2,1-3H3,(H,21,22). The van der Waals surface area contributed by atoms with Gasteiger partial charge in [0.15, 0.2) is 17.2 Å². The Bertz CT molecular complexity index is 756. The van der Waals surface area contributed by atoms with Gasteiger partial charge in [0, 0.05) is 25.7 Å². The van der Waals surface area contributed by atoms with E-state index in [4.69, 9.17) is 14.6 Å². The number of aromatic carboxylic acids is 1. The number of aryl methyl sites for hydroxylation is 1. The number of carboxylic acids is 1. The normalized spacial score (nSPS) is 17.9. The van der Waals surface area contributed by atoms with E-state index >= 15 is 0 Å². The topological polar surface area (TPSA) is 76.8 Å². The predicted octanol–water partition coefficient (Wildman–Crippen LogP) is 1.88. The zero-order valence-corrected chi connectivity index (χ0v) is 14.0. The minimum atomic E-state index is -1.05. The summed E-state index contributed by atoms with van der Waals surface area (Å²) < 4.78 is 13.0. The summed E-state index contributed by atoms with van der Waals surface area (Å²) >= 11 is 0. The van der Waals surface area contributed by atoms with E-state index in [2.05, 4.69) is 17.0 Å². The van der Waals surface area contributed by atoms with Crippen molar-refractivity contribution in [2.45, 2.75) is 12.5 Å². The van der Waals surface area contributed by atoms with Crippen molar-refractivity contribution in [3.05, 3.63) is 30.0 Å². The van der Waals surface area contributed by atoms with E-state index in [0.29, 0.717) is 17.2 Å². The fourth-order valence-electron chi connectivity index (χ4n) is 2.94. The molecule has 1 saturated heterocycles. The Morgan fingerprint density at radius 3 is 2.67 bits per heavy atom. The maximum Gasteiger partial charge on any atom is 0.356 e. The molecule has 0 aliphatic carbocycles. The minimum Gasteiger partial charge on any atom is -0.493 e. The predicted molar refractivity (Wildman–Crippen MR) is 88.7 cm³/mol. The van der Waals surface area contributed by atoms with Crippen LogP contribution >= 0.6 is 0 Å². The number of hydrogen-bond acceptors (Lipinski definition) is 5. The van der Waals surface area contributed by atoms with Crippen molar-refractivity contribution in [3.63, 3.8) is 0 Å². The third-order valence-corrected chi connectivity index (χ3v) is 4.20. The maximum atomic E-state index is 11.1. The number of likely N-dealkylation sites (tertiary alicyclic amines) is 1. The number of carbonyl (C=O) groups is 1. The molecule has 0 amide bonds. The molecule has 1 aliphatic heterocycles. The number of likely N-dealkylation sites (N-methyl/N-ethyl adjacent to an activating group) is 1. The molecule has 0 saturated carbocycles. The Labute approximate surface area is 140 Å². The lowest BCUT2D eigenvalue weighted by atomic mass is 10.1. The zero-order valence-electron chi connectivity index (χ0n) is 14.0.